The van der Waals surface area contributed by atoms with Gasteiger partial charge in [0.25, 0.3) is 0 Å². The molecule has 0 saturated carbocycles. The molecule has 1 aliphatic heterocycles. The maximum Gasteiger partial charge on any atom is 0.573 e. The van der Waals surface area contributed by atoms with Crippen molar-refractivity contribution in [2.75, 3.05) is 43.1 Å². The van der Waals surface area contributed by atoms with Gasteiger partial charge < -0.3 is 29.9 Å². The summed E-state index contributed by atoms with van der Waals surface area (Å²) in [5, 5.41) is 32.0. The zero-order valence-electron chi connectivity index (χ0n) is 20.3. The van der Waals surface area contributed by atoms with Gasteiger partial charge in [0.15, 0.2) is 11.6 Å². The first-order valence-corrected chi connectivity index (χ1v) is 11.9. The van der Waals surface area contributed by atoms with Gasteiger partial charge in [-0.15, -0.1) is 23.4 Å². The Bertz CT molecular complexity index is 1460. The normalized spacial score (nSPS) is 14.9. The van der Waals surface area contributed by atoms with Crippen LogP contribution < -0.4 is 15.0 Å². The topological polar surface area (TPSA) is 113 Å². The number of pyridine rings is 1. The molecule has 0 aliphatic carbocycles. The highest BCUT2D eigenvalue weighted by Crippen LogP contribution is 2.35. The molecule has 204 valence electrons. The summed E-state index contributed by atoms with van der Waals surface area (Å²) in [7, 11) is 0. The number of alkyl halides is 3. The van der Waals surface area contributed by atoms with Crippen molar-refractivity contribution in [2.45, 2.75) is 12.5 Å². The van der Waals surface area contributed by atoms with Crippen LogP contribution in [0.5, 0.6) is 5.75 Å². The van der Waals surface area contributed by atoms with E-state index in [1.807, 2.05) is 4.90 Å². The first-order chi connectivity index (χ1) is 18.7. The first kappa shape index (κ1) is 26.5. The Morgan fingerprint density at radius 2 is 1.77 bits per heavy atom. The van der Waals surface area contributed by atoms with Gasteiger partial charge in [0.1, 0.15) is 23.4 Å². The van der Waals surface area contributed by atoms with Crippen LogP contribution >= 0.6 is 0 Å². The smallest absolute Gasteiger partial charge is 0.406 e. The monoisotopic (exact) mass is 545 g/mol. The molecule has 2 aromatic heterocycles. The van der Waals surface area contributed by atoms with E-state index < -0.39 is 24.9 Å². The highest BCUT2D eigenvalue weighted by Gasteiger charge is 2.31. The number of nitrogens with zero attached hydrogens (tertiary/aromatic N) is 4. The number of nitrogens with one attached hydrogen (secondary N) is 1. The molecule has 9 nitrogen and oxygen atoms in total. The van der Waals surface area contributed by atoms with E-state index in [0.717, 1.165) is 6.07 Å². The number of aliphatic hydroxyl groups is 2. The summed E-state index contributed by atoms with van der Waals surface area (Å²) in [6, 6.07) is 11.4. The zero-order valence-corrected chi connectivity index (χ0v) is 20.3. The lowest BCUT2D eigenvalue weighted by molar-refractivity contribution is -0.274. The number of anilines is 3. The van der Waals surface area contributed by atoms with Crippen molar-refractivity contribution in [3.05, 3.63) is 66.1 Å². The number of hydrogen-bond acceptors (Lipinski definition) is 9. The van der Waals surface area contributed by atoms with Crippen LogP contribution in [-0.2, 0) is 4.74 Å². The molecular formula is C26H23F4N5O4. The van der Waals surface area contributed by atoms with Gasteiger partial charge in [0, 0.05) is 46.9 Å². The number of hydrogen-bond donors (Lipinski definition) is 3. The minimum Gasteiger partial charge on any atom is -0.406 e. The third-order valence-corrected chi connectivity index (χ3v) is 6.12. The van der Waals surface area contributed by atoms with E-state index in [1.165, 1.54) is 30.5 Å². The van der Waals surface area contributed by atoms with Crippen LogP contribution in [0.15, 0.2) is 54.7 Å². The Labute approximate surface area is 219 Å². The Morgan fingerprint density at radius 3 is 2.44 bits per heavy atom. The van der Waals surface area contributed by atoms with E-state index in [9.17, 15) is 22.7 Å². The number of rotatable bonds is 7. The molecule has 3 heterocycles. The van der Waals surface area contributed by atoms with E-state index in [-0.39, 0.29) is 17.0 Å². The minimum absolute atomic E-state index is 0.0466. The second-order valence-electron chi connectivity index (χ2n) is 8.73. The van der Waals surface area contributed by atoms with Gasteiger partial charge in [-0.2, -0.15) is 0 Å². The molecule has 2 aromatic carbocycles. The van der Waals surface area contributed by atoms with E-state index in [1.54, 1.807) is 18.2 Å². The van der Waals surface area contributed by atoms with Crippen molar-refractivity contribution in [1.29, 1.82) is 0 Å². The highest BCUT2D eigenvalue weighted by atomic mass is 19.4. The predicted octanol–water partition coefficient (Wildman–Crippen LogP) is 4.34. The molecule has 39 heavy (non-hydrogen) atoms. The number of fused-ring (bicyclic) bond motifs is 1. The van der Waals surface area contributed by atoms with Crippen LogP contribution in [0.1, 0.15) is 11.7 Å². The fraction of sp³-hybridized carbons (Fsp3) is 0.269. The van der Waals surface area contributed by atoms with Crippen LogP contribution in [-0.4, -0.2) is 64.7 Å². The Morgan fingerprint density at radius 1 is 1.03 bits per heavy atom. The van der Waals surface area contributed by atoms with Crippen LogP contribution in [0.25, 0.3) is 22.0 Å². The number of halogens is 4. The van der Waals surface area contributed by atoms with E-state index in [2.05, 4.69) is 25.2 Å². The van der Waals surface area contributed by atoms with Gasteiger partial charge in [-0.25, -0.2) is 4.39 Å². The van der Waals surface area contributed by atoms with Crippen LogP contribution in [0.3, 0.4) is 0 Å². The maximum absolute atomic E-state index is 15.0. The SMILES string of the molecule is OC[C@@H](O)c1cnc(-c2ccc3c(Nc4ccc(OC(F)(F)F)cc4)nnc(N4CCOCC4)c3c2)c(F)c1. The number of aliphatic hydroxyl groups excluding tert-OH is 2. The quantitative estimate of drug-likeness (QED) is 0.292. The largest absolute Gasteiger partial charge is 0.573 e. The number of benzene rings is 2. The van der Waals surface area contributed by atoms with Gasteiger partial charge in [-0.05, 0) is 42.5 Å². The molecule has 0 spiro atoms. The highest BCUT2D eigenvalue weighted by molar-refractivity contribution is 6.01. The molecule has 13 heteroatoms. The molecule has 5 rings (SSSR count). The number of morpholine rings is 1. The maximum atomic E-state index is 15.0. The summed E-state index contributed by atoms with van der Waals surface area (Å²) >= 11 is 0. The Kier molecular flexibility index (Phi) is 7.46. The van der Waals surface area contributed by atoms with Crippen molar-refractivity contribution in [3.8, 4) is 17.0 Å². The summed E-state index contributed by atoms with van der Waals surface area (Å²) in [6.45, 7) is 1.58. The van der Waals surface area contributed by atoms with Crippen molar-refractivity contribution in [1.82, 2.24) is 15.2 Å². The van der Waals surface area contributed by atoms with E-state index in [0.29, 0.717) is 60.0 Å². The van der Waals surface area contributed by atoms with Gasteiger partial charge >= 0.3 is 6.36 Å². The van der Waals surface area contributed by atoms with Gasteiger partial charge in [0.2, 0.25) is 0 Å². The molecule has 1 atom stereocenters. The average Bonchev–Trinajstić information content (AvgIpc) is 2.93. The second-order valence-corrected chi connectivity index (χ2v) is 8.73. The third-order valence-electron chi connectivity index (χ3n) is 6.12. The molecule has 0 amide bonds. The van der Waals surface area contributed by atoms with Crippen LogP contribution in [0.2, 0.25) is 0 Å². The number of ether oxygens (including phenoxy) is 2. The summed E-state index contributed by atoms with van der Waals surface area (Å²) in [4.78, 5) is 6.17. The fourth-order valence-electron chi connectivity index (χ4n) is 4.22. The lowest BCUT2D eigenvalue weighted by Gasteiger charge is -2.28. The molecule has 3 N–H and O–H groups in total. The van der Waals surface area contributed by atoms with Crippen molar-refractivity contribution >= 4 is 28.1 Å². The molecule has 0 bridgehead atoms. The summed E-state index contributed by atoms with van der Waals surface area (Å²) < 4.78 is 61.8. The van der Waals surface area contributed by atoms with E-state index >= 15 is 0 Å². The molecule has 0 radical (unpaired) electrons. The molecule has 0 unspecified atom stereocenters. The van der Waals surface area contributed by atoms with Crippen molar-refractivity contribution < 1.29 is 37.2 Å². The van der Waals surface area contributed by atoms with Crippen LogP contribution in [0.4, 0.5) is 34.9 Å². The summed E-state index contributed by atoms with van der Waals surface area (Å²) in [5.74, 6) is -0.132. The first-order valence-electron chi connectivity index (χ1n) is 11.9. The van der Waals surface area contributed by atoms with Crippen molar-refractivity contribution in [2.24, 2.45) is 0 Å². The number of aromatic nitrogens is 3. The van der Waals surface area contributed by atoms with Crippen LogP contribution in [0, 0.1) is 5.82 Å². The standard InChI is InChI=1S/C26H23F4N5O4/c27-21-12-16(22(37)14-36)13-31-23(21)15-1-6-19-20(11-15)25(35-7-9-38-10-8-35)34-33-24(19)32-17-2-4-18(5-3-17)39-26(28,29)30/h1-6,11-13,22,36-37H,7-10,14H2,(H,32,33)/t22-/m1/s1. The van der Waals surface area contributed by atoms with Gasteiger partial charge in [0.05, 0.1) is 19.8 Å². The van der Waals surface area contributed by atoms with Gasteiger partial charge in [-0.3, -0.25) is 4.98 Å². The lowest BCUT2D eigenvalue weighted by atomic mass is 10.0. The molecule has 1 aliphatic rings. The average molecular weight is 545 g/mol. The lowest BCUT2D eigenvalue weighted by Crippen LogP contribution is -2.37. The summed E-state index contributed by atoms with van der Waals surface area (Å²) in [5.41, 5.74) is 1.10. The molecule has 1 saturated heterocycles. The van der Waals surface area contributed by atoms with E-state index in [4.69, 9.17) is 9.84 Å². The Balaban J connectivity index is 1.53. The van der Waals surface area contributed by atoms with Crippen molar-refractivity contribution in [3.63, 3.8) is 0 Å². The zero-order chi connectivity index (χ0) is 27.6. The molecule has 1 fully saturated rings. The second kappa shape index (κ2) is 11.0. The molecular weight excluding hydrogens is 522 g/mol. The fourth-order valence-corrected chi connectivity index (χ4v) is 4.22. The predicted molar refractivity (Wildman–Crippen MR) is 134 cm³/mol. The Hall–Kier alpha value is -4.07. The molecule has 4 aromatic rings. The minimum atomic E-state index is -4.79. The third kappa shape index (κ3) is 6.00. The summed E-state index contributed by atoms with van der Waals surface area (Å²) in [6.07, 6.45) is -4.74. The van der Waals surface area contributed by atoms with Gasteiger partial charge in [-0.1, -0.05) is 6.07 Å².